The number of fused-ring (bicyclic) bond motifs is 1. The molecule has 2 aromatic carbocycles. The van der Waals surface area contributed by atoms with Crippen molar-refractivity contribution in [2.45, 2.75) is 31.0 Å². The topological polar surface area (TPSA) is 139 Å². The Labute approximate surface area is 202 Å². The van der Waals surface area contributed by atoms with Gasteiger partial charge >= 0.3 is 0 Å². The predicted octanol–water partition coefficient (Wildman–Crippen LogP) is 2.39. The number of aliphatic hydroxyl groups excluding tert-OH is 2. The molecule has 1 amide bonds. The standard InChI is InChI=1S/C25H27N6O4/c26-24-22-20(13-27-28-24)31(17-5-4-12-30(14-17)25(34)21(33)15-32)29-23(22)16-8-10-19(11-9-16)35-18-6-2-1-3-7-18/h1-3,6-11,13,17,21,23,32-33H,4-5,12,14-15H2,(H2,26,28)/q-1. The summed E-state index contributed by atoms with van der Waals surface area (Å²) in [6.45, 7) is 0.295. The van der Waals surface area contributed by atoms with Crippen molar-refractivity contribution in [1.29, 1.82) is 0 Å². The zero-order chi connectivity index (χ0) is 24.4. The van der Waals surface area contributed by atoms with Crippen LogP contribution >= 0.6 is 0 Å². The van der Waals surface area contributed by atoms with E-state index in [1.807, 2.05) is 59.6 Å². The van der Waals surface area contributed by atoms with Crippen molar-refractivity contribution in [1.82, 2.24) is 15.1 Å². The molecule has 1 fully saturated rings. The van der Waals surface area contributed by atoms with Crippen molar-refractivity contribution >= 4 is 17.4 Å². The van der Waals surface area contributed by atoms with Crippen LogP contribution in [0.1, 0.15) is 30.0 Å². The van der Waals surface area contributed by atoms with Crippen LogP contribution in [0, 0.1) is 0 Å². The fourth-order valence-corrected chi connectivity index (χ4v) is 4.62. The first-order valence-corrected chi connectivity index (χ1v) is 11.6. The number of carbonyl (C=O) groups excluding carboxylic acids is 1. The molecule has 1 aromatic heterocycles. The zero-order valence-corrected chi connectivity index (χ0v) is 19.1. The second-order valence-corrected chi connectivity index (χ2v) is 8.65. The summed E-state index contributed by atoms with van der Waals surface area (Å²) in [6.07, 6.45) is 1.79. The number of anilines is 2. The summed E-state index contributed by atoms with van der Waals surface area (Å²) < 4.78 is 5.90. The summed E-state index contributed by atoms with van der Waals surface area (Å²) in [5, 5.41) is 28.9. The molecule has 0 aliphatic carbocycles. The number of likely N-dealkylation sites (tertiary alicyclic amines) is 1. The van der Waals surface area contributed by atoms with Crippen molar-refractivity contribution in [2.75, 3.05) is 30.4 Å². The van der Waals surface area contributed by atoms with Gasteiger partial charge in [0.2, 0.25) is 0 Å². The first kappa shape index (κ1) is 23.0. The highest BCUT2D eigenvalue weighted by Crippen LogP contribution is 2.48. The maximum absolute atomic E-state index is 12.5. The number of aliphatic hydroxyl groups is 2. The van der Waals surface area contributed by atoms with Gasteiger partial charge in [-0.15, -0.1) is 5.10 Å². The van der Waals surface area contributed by atoms with E-state index < -0.39 is 18.6 Å². The minimum Gasteiger partial charge on any atom is -0.557 e. The molecular weight excluding hydrogens is 448 g/mol. The van der Waals surface area contributed by atoms with Gasteiger partial charge in [-0.1, -0.05) is 41.9 Å². The number of carbonyl (C=O) groups is 1. The van der Waals surface area contributed by atoms with Crippen LogP contribution in [0.25, 0.3) is 5.43 Å². The minimum absolute atomic E-state index is 0.119. The number of para-hydroxylation sites is 1. The van der Waals surface area contributed by atoms with Gasteiger partial charge in [0.1, 0.15) is 17.3 Å². The number of hydrogen-bond donors (Lipinski definition) is 3. The summed E-state index contributed by atoms with van der Waals surface area (Å²) in [5.41, 5.74) is 13.7. The largest absolute Gasteiger partial charge is 0.557 e. The van der Waals surface area contributed by atoms with E-state index in [1.165, 1.54) is 0 Å². The second-order valence-electron chi connectivity index (χ2n) is 8.65. The highest BCUT2D eigenvalue weighted by atomic mass is 16.5. The van der Waals surface area contributed by atoms with Gasteiger partial charge in [-0.25, -0.2) is 0 Å². The Balaban J connectivity index is 1.38. The van der Waals surface area contributed by atoms with Crippen molar-refractivity contribution in [3.05, 3.63) is 77.3 Å². The molecule has 35 heavy (non-hydrogen) atoms. The van der Waals surface area contributed by atoms with E-state index in [4.69, 9.17) is 15.9 Å². The Morgan fingerprint density at radius 2 is 1.91 bits per heavy atom. The van der Waals surface area contributed by atoms with E-state index in [2.05, 4.69) is 10.2 Å². The predicted molar refractivity (Wildman–Crippen MR) is 130 cm³/mol. The van der Waals surface area contributed by atoms with Crippen LogP contribution in [-0.2, 0) is 4.79 Å². The number of amides is 1. The van der Waals surface area contributed by atoms with Gasteiger partial charge in [-0.05, 0) is 37.1 Å². The molecule has 10 heteroatoms. The van der Waals surface area contributed by atoms with Crippen LogP contribution in [-0.4, -0.2) is 63.1 Å². The third-order valence-electron chi connectivity index (χ3n) is 6.34. The van der Waals surface area contributed by atoms with Crippen molar-refractivity contribution in [2.24, 2.45) is 0 Å². The van der Waals surface area contributed by atoms with Crippen LogP contribution in [0.5, 0.6) is 11.5 Å². The van der Waals surface area contributed by atoms with E-state index in [-0.39, 0.29) is 12.1 Å². The molecule has 0 saturated carbocycles. The van der Waals surface area contributed by atoms with Crippen LogP contribution in [0.15, 0.2) is 60.8 Å². The molecule has 3 unspecified atom stereocenters. The number of aromatic nitrogens is 2. The van der Waals surface area contributed by atoms with E-state index in [0.717, 1.165) is 35.4 Å². The van der Waals surface area contributed by atoms with Crippen LogP contribution < -0.4 is 15.5 Å². The summed E-state index contributed by atoms with van der Waals surface area (Å²) in [6, 6.07) is 16.8. The number of rotatable bonds is 6. The van der Waals surface area contributed by atoms with Gasteiger partial charge in [0.15, 0.2) is 6.10 Å². The van der Waals surface area contributed by atoms with Crippen LogP contribution in [0.4, 0.5) is 11.5 Å². The number of nitrogens with zero attached hydrogens (tertiary/aromatic N) is 5. The number of ether oxygens (including phenoxy) is 1. The van der Waals surface area contributed by atoms with Gasteiger partial charge in [0.25, 0.3) is 5.91 Å². The molecular formula is C25H27N6O4-. The first-order valence-electron chi connectivity index (χ1n) is 11.6. The minimum atomic E-state index is -1.41. The maximum atomic E-state index is 12.5. The highest BCUT2D eigenvalue weighted by molar-refractivity contribution is 5.81. The average molecular weight is 476 g/mol. The van der Waals surface area contributed by atoms with E-state index in [0.29, 0.717) is 24.7 Å². The Bertz CT molecular complexity index is 1180. The third-order valence-corrected chi connectivity index (χ3v) is 6.34. The van der Waals surface area contributed by atoms with E-state index in [1.54, 1.807) is 11.1 Å². The molecule has 0 spiro atoms. The second kappa shape index (κ2) is 9.87. The molecule has 2 aliphatic heterocycles. The number of hydrogen-bond acceptors (Lipinski definition) is 8. The number of benzene rings is 2. The van der Waals surface area contributed by atoms with Gasteiger partial charge in [0, 0.05) is 30.4 Å². The van der Waals surface area contributed by atoms with E-state index in [9.17, 15) is 15.0 Å². The van der Waals surface area contributed by atoms with Crippen molar-refractivity contribution < 1.29 is 19.7 Å². The molecule has 1 saturated heterocycles. The third kappa shape index (κ3) is 4.63. The summed E-state index contributed by atoms with van der Waals surface area (Å²) >= 11 is 0. The molecule has 3 aromatic rings. The monoisotopic (exact) mass is 475 g/mol. The van der Waals surface area contributed by atoms with Crippen molar-refractivity contribution in [3.8, 4) is 11.5 Å². The van der Waals surface area contributed by atoms with E-state index >= 15 is 0 Å². The average Bonchev–Trinajstić information content (AvgIpc) is 3.30. The van der Waals surface area contributed by atoms with Crippen LogP contribution in [0.2, 0.25) is 0 Å². The fraction of sp³-hybridized carbons (Fsp3) is 0.320. The maximum Gasteiger partial charge on any atom is 0.253 e. The quantitative estimate of drug-likeness (QED) is 0.494. The van der Waals surface area contributed by atoms with Crippen LogP contribution in [0.3, 0.4) is 0 Å². The SMILES string of the molecule is Nc1nncc2c1C(c1ccc(Oc3ccccc3)cc1)[N-]N2C1CCCN(C(=O)C(O)CO)C1. The lowest BCUT2D eigenvalue weighted by Crippen LogP contribution is -2.51. The number of nitrogen functional groups attached to an aromatic ring is 1. The smallest absolute Gasteiger partial charge is 0.253 e. The van der Waals surface area contributed by atoms with Gasteiger partial charge in [-0.2, -0.15) is 5.10 Å². The molecule has 4 N–H and O–H groups in total. The van der Waals surface area contributed by atoms with Crippen molar-refractivity contribution in [3.63, 3.8) is 0 Å². The molecule has 3 atom stereocenters. The zero-order valence-electron chi connectivity index (χ0n) is 19.1. The Morgan fingerprint density at radius 1 is 1.17 bits per heavy atom. The molecule has 5 rings (SSSR count). The Morgan fingerprint density at radius 3 is 2.66 bits per heavy atom. The molecule has 3 heterocycles. The van der Waals surface area contributed by atoms with Gasteiger partial charge < -0.3 is 36.0 Å². The van der Waals surface area contributed by atoms with Gasteiger partial charge in [-0.3, -0.25) is 4.79 Å². The molecule has 0 radical (unpaired) electrons. The Kier molecular flexibility index (Phi) is 6.49. The highest BCUT2D eigenvalue weighted by Gasteiger charge is 2.33. The summed E-state index contributed by atoms with van der Waals surface area (Å²) in [7, 11) is 0. The summed E-state index contributed by atoms with van der Waals surface area (Å²) in [5.74, 6) is 1.29. The number of piperidine rings is 1. The summed E-state index contributed by atoms with van der Waals surface area (Å²) in [4.78, 5) is 14.0. The first-order chi connectivity index (χ1) is 17.0. The fourth-order valence-electron chi connectivity index (χ4n) is 4.62. The molecule has 0 bridgehead atoms. The lowest BCUT2D eigenvalue weighted by Gasteiger charge is -2.47. The molecule has 2 aliphatic rings. The lowest BCUT2D eigenvalue weighted by atomic mass is 10.00. The van der Waals surface area contributed by atoms with Gasteiger partial charge in [0.05, 0.1) is 12.8 Å². The molecule has 182 valence electrons. The number of nitrogens with two attached hydrogens (primary N) is 1. The normalized spacial score (nSPS) is 20.4. The molecule has 10 nitrogen and oxygen atoms in total. The Hall–Kier alpha value is -3.73. The lowest BCUT2D eigenvalue weighted by molar-refractivity contribution is -0.143.